The number of hydrogen-bond donors (Lipinski definition) is 3. The molecule has 0 fully saturated rings. The number of halogens is 2. The number of rotatable bonds is 4. The van der Waals surface area contributed by atoms with Gasteiger partial charge >= 0.3 is 0 Å². The van der Waals surface area contributed by atoms with E-state index in [0.29, 0.717) is 27.8 Å². The SMILES string of the molecule is O=C(NCc1ccc(Cl)c(Cl)c1)c1c[nH]c(-c2n[nH]c3ncccc23)c1. The van der Waals surface area contributed by atoms with Gasteiger partial charge in [-0.25, -0.2) is 4.98 Å². The van der Waals surface area contributed by atoms with E-state index in [1.165, 1.54) is 0 Å². The zero-order valence-corrected chi connectivity index (χ0v) is 14.9. The average Bonchev–Trinajstić information content (AvgIpc) is 3.29. The fourth-order valence-electron chi connectivity index (χ4n) is 2.66. The smallest absolute Gasteiger partial charge is 0.253 e. The van der Waals surface area contributed by atoms with E-state index in [9.17, 15) is 4.79 Å². The molecule has 130 valence electrons. The number of fused-ring (bicyclic) bond motifs is 1. The third-order valence-corrected chi connectivity index (χ3v) is 4.71. The zero-order chi connectivity index (χ0) is 18.1. The molecule has 1 aromatic carbocycles. The summed E-state index contributed by atoms with van der Waals surface area (Å²) in [4.78, 5) is 19.7. The summed E-state index contributed by atoms with van der Waals surface area (Å²) >= 11 is 11.9. The summed E-state index contributed by atoms with van der Waals surface area (Å²) in [6, 6.07) is 10.8. The number of H-pyrrole nitrogens is 2. The molecular weight excluding hydrogens is 373 g/mol. The zero-order valence-electron chi connectivity index (χ0n) is 13.4. The predicted molar refractivity (Wildman–Crippen MR) is 101 cm³/mol. The molecule has 3 heterocycles. The normalized spacial score (nSPS) is 11.0. The molecule has 8 heteroatoms. The van der Waals surface area contributed by atoms with Crippen molar-refractivity contribution in [2.24, 2.45) is 0 Å². The minimum Gasteiger partial charge on any atom is -0.359 e. The first-order chi connectivity index (χ1) is 12.6. The number of carbonyl (C=O) groups excluding carboxylic acids is 1. The summed E-state index contributed by atoms with van der Waals surface area (Å²) in [7, 11) is 0. The third kappa shape index (κ3) is 3.16. The van der Waals surface area contributed by atoms with Gasteiger partial charge in [-0.3, -0.25) is 9.89 Å². The van der Waals surface area contributed by atoms with E-state index in [1.807, 2.05) is 18.2 Å². The lowest BCUT2D eigenvalue weighted by molar-refractivity contribution is 0.0951. The Balaban J connectivity index is 1.50. The highest BCUT2D eigenvalue weighted by Crippen LogP contribution is 2.25. The average molecular weight is 386 g/mol. The molecular formula is C18H13Cl2N5O. The van der Waals surface area contributed by atoms with Crippen LogP contribution < -0.4 is 5.32 Å². The van der Waals surface area contributed by atoms with E-state index in [4.69, 9.17) is 23.2 Å². The molecule has 0 aliphatic heterocycles. The molecule has 0 aliphatic rings. The topological polar surface area (TPSA) is 86.5 Å². The van der Waals surface area contributed by atoms with Gasteiger partial charge in [-0.15, -0.1) is 0 Å². The molecule has 26 heavy (non-hydrogen) atoms. The number of carbonyl (C=O) groups is 1. The largest absolute Gasteiger partial charge is 0.359 e. The van der Waals surface area contributed by atoms with E-state index < -0.39 is 0 Å². The number of pyridine rings is 1. The van der Waals surface area contributed by atoms with Crippen LogP contribution in [0.15, 0.2) is 48.8 Å². The van der Waals surface area contributed by atoms with Crippen molar-refractivity contribution in [2.45, 2.75) is 6.54 Å². The lowest BCUT2D eigenvalue weighted by atomic mass is 10.2. The summed E-state index contributed by atoms with van der Waals surface area (Å²) in [6.07, 6.45) is 3.34. The third-order valence-electron chi connectivity index (χ3n) is 3.97. The van der Waals surface area contributed by atoms with Crippen molar-refractivity contribution in [2.75, 3.05) is 0 Å². The maximum atomic E-state index is 12.4. The summed E-state index contributed by atoms with van der Waals surface area (Å²) in [6.45, 7) is 0.353. The summed E-state index contributed by atoms with van der Waals surface area (Å²) in [5.41, 5.74) is 3.54. The van der Waals surface area contributed by atoms with E-state index in [2.05, 4.69) is 25.5 Å². The van der Waals surface area contributed by atoms with Crippen molar-refractivity contribution in [3.8, 4) is 11.4 Å². The van der Waals surface area contributed by atoms with Gasteiger partial charge in [0.2, 0.25) is 0 Å². The second-order valence-electron chi connectivity index (χ2n) is 5.70. The maximum absolute atomic E-state index is 12.4. The lowest BCUT2D eigenvalue weighted by Crippen LogP contribution is -2.22. The van der Waals surface area contributed by atoms with Crippen molar-refractivity contribution in [3.05, 3.63) is 70.0 Å². The Morgan fingerprint density at radius 1 is 1.15 bits per heavy atom. The van der Waals surface area contributed by atoms with E-state index in [1.54, 1.807) is 30.6 Å². The highest BCUT2D eigenvalue weighted by atomic mass is 35.5. The van der Waals surface area contributed by atoms with Crippen LogP contribution in [0, 0.1) is 0 Å². The van der Waals surface area contributed by atoms with Crippen LogP contribution in [0.4, 0.5) is 0 Å². The Morgan fingerprint density at radius 2 is 2.04 bits per heavy atom. The van der Waals surface area contributed by atoms with Crippen LogP contribution in [0.5, 0.6) is 0 Å². The molecule has 0 radical (unpaired) electrons. The van der Waals surface area contributed by atoms with Crippen LogP contribution in [0.1, 0.15) is 15.9 Å². The molecule has 4 rings (SSSR count). The molecule has 0 saturated heterocycles. The molecule has 6 nitrogen and oxygen atoms in total. The van der Waals surface area contributed by atoms with Gasteiger partial charge in [-0.1, -0.05) is 29.3 Å². The van der Waals surface area contributed by atoms with Crippen molar-refractivity contribution in [1.29, 1.82) is 0 Å². The van der Waals surface area contributed by atoms with E-state index in [-0.39, 0.29) is 5.91 Å². The Bertz CT molecular complexity index is 1100. The number of aromatic nitrogens is 4. The van der Waals surface area contributed by atoms with Crippen molar-refractivity contribution < 1.29 is 4.79 Å². The molecule has 0 saturated carbocycles. The first-order valence-corrected chi connectivity index (χ1v) is 8.57. The summed E-state index contributed by atoms with van der Waals surface area (Å²) in [5.74, 6) is -0.198. The predicted octanol–water partition coefficient (Wildman–Crippen LogP) is 4.19. The second-order valence-corrected chi connectivity index (χ2v) is 6.52. The van der Waals surface area contributed by atoms with Crippen molar-refractivity contribution >= 4 is 40.1 Å². The number of amides is 1. The molecule has 0 atom stereocenters. The van der Waals surface area contributed by atoms with Crippen molar-refractivity contribution in [3.63, 3.8) is 0 Å². The standard InChI is InChI=1S/C18H13Cl2N5O/c19-13-4-3-10(6-14(13)20)8-23-18(26)11-7-15(22-9-11)16-12-2-1-5-21-17(12)25-24-16/h1-7,9,22H,8H2,(H,23,26)(H,21,24,25). The molecule has 4 aromatic rings. The summed E-state index contributed by atoms with van der Waals surface area (Å²) < 4.78 is 0. The van der Waals surface area contributed by atoms with E-state index in [0.717, 1.165) is 22.3 Å². The van der Waals surface area contributed by atoms with Gasteiger partial charge in [-0.05, 0) is 35.9 Å². The molecule has 0 unspecified atom stereocenters. The van der Waals surface area contributed by atoms with Gasteiger partial charge in [0.1, 0.15) is 5.69 Å². The Labute approximate surface area is 158 Å². The quantitative estimate of drug-likeness (QED) is 0.492. The number of nitrogens with one attached hydrogen (secondary N) is 3. The fraction of sp³-hybridized carbons (Fsp3) is 0.0556. The Morgan fingerprint density at radius 3 is 2.88 bits per heavy atom. The van der Waals surface area contributed by atoms with E-state index >= 15 is 0 Å². The monoisotopic (exact) mass is 385 g/mol. The lowest BCUT2D eigenvalue weighted by Gasteiger charge is -2.05. The molecule has 3 N–H and O–H groups in total. The van der Waals surface area contributed by atoms with Gasteiger partial charge < -0.3 is 10.3 Å². The highest BCUT2D eigenvalue weighted by molar-refractivity contribution is 6.42. The van der Waals surface area contributed by atoms with Crippen LogP contribution >= 0.6 is 23.2 Å². The van der Waals surface area contributed by atoms with Gasteiger partial charge in [0.05, 0.1) is 21.3 Å². The summed E-state index contributed by atoms with van der Waals surface area (Å²) in [5, 5.41) is 11.8. The number of benzene rings is 1. The number of hydrogen-bond acceptors (Lipinski definition) is 3. The van der Waals surface area contributed by atoms with Crippen LogP contribution in [0.25, 0.3) is 22.4 Å². The van der Waals surface area contributed by atoms with Gasteiger partial charge in [0.15, 0.2) is 5.65 Å². The Kier molecular flexibility index (Phi) is 4.36. The first-order valence-electron chi connectivity index (χ1n) is 7.82. The van der Waals surface area contributed by atoms with Crippen LogP contribution in [0.2, 0.25) is 10.0 Å². The molecule has 1 amide bonds. The van der Waals surface area contributed by atoms with Crippen LogP contribution in [0.3, 0.4) is 0 Å². The number of nitrogens with zero attached hydrogens (tertiary/aromatic N) is 2. The second kappa shape index (κ2) is 6.82. The van der Waals surface area contributed by atoms with Crippen LogP contribution in [-0.4, -0.2) is 26.1 Å². The van der Waals surface area contributed by atoms with Gasteiger partial charge in [0.25, 0.3) is 5.91 Å². The van der Waals surface area contributed by atoms with Gasteiger partial charge in [-0.2, -0.15) is 5.10 Å². The van der Waals surface area contributed by atoms with Crippen LogP contribution in [-0.2, 0) is 6.54 Å². The minimum atomic E-state index is -0.198. The van der Waals surface area contributed by atoms with Crippen molar-refractivity contribution in [1.82, 2.24) is 25.5 Å². The number of aromatic amines is 2. The molecule has 3 aromatic heterocycles. The molecule has 0 bridgehead atoms. The van der Waals surface area contributed by atoms with Gasteiger partial charge in [0, 0.05) is 24.3 Å². The minimum absolute atomic E-state index is 0.198. The molecule has 0 aliphatic carbocycles. The maximum Gasteiger partial charge on any atom is 0.253 e. The first kappa shape index (κ1) is 16.6. The molecule has 0 spiro atoms. The fourth-order valence-corrected chi connectivity index (χ4v) is 2.98. The highest BCUT2D eigenvalue weighted by Gasteiger charge is 2.14. The Hall–Kier alpha value is -2.83.